The Morgan fingerprint density at radius 2 is 2.09 bits per heavy atom. The molecule has 0 radical (unpaired) electrons. The summed E-state index contributed by atoms with van der Waals surface area (Å²) in [5.74, 6) is -0.162. The quantitative estimate of drug-likeness (QED) is 0.365. The van der Waals surface area contributed by atoms with E-state index in [2.05, 4.69) is 20.2 Å². The van der Waals surface area contributed by atoms with Gasteiger partial charge in [0.15, 0.2) is 5.82 Å². The molecule has 13 heteroatoms. The van der Waals surface area contributed by atoms with Crippen molar-refractivity contribution in [2.75, 3.05) is 44.3 Å². The standard InChI is InChI=1S/C33H37ClF2N6O4/c1-32-5-2-7-41(16-32)29-23-14-37-27(22-11-20(43)12-24(34)25(22)21-10-18(21)4-9-45-31(44)40-32)26(36)28(23)38-30(39-29)46-17-33-6-3-8-42(33)15-19(35)13-33/h11-12,14,18-19,21,43H,2-10,13,15-17H2,1H3,(H,40,44)/t18-,19-,21+,32-,33+/m1/s1. The molecule has 1 aliphatic carbocycles. The van der Waals surface area contributed by atoms with Gasteiger partial charge >= 0.3 is 12.1 Å². The second-order valence-electron chi connectivity index (χ2n) is 14.0. The fourth-order valence-electron chi connectivity index (χ4n) is 8.37. The second kappa shape index (κ2) is 11.0. The minimum atomic E-state index is -0.918. The lowest BCUT2D eigenvalue weighted by Gasteiger charge is -2.41. The van der Waals surface area contributed by atoms with E-state index in [4.69, 9.17) is 26.1 Å². The van der Waals surface area contributed by atoms with Crippen LogP contribution >= 0.6 is 11.6 Å². The number of pyridine rings is 1. The number of amides is 1. The number of halogens is 3. The van der Waals surface area contributed by atoms with Crippen molar-refractivity contribution in [2.45, 2.75) is 75.0 Å². The lowest BCUT2D eigenvalue weighted by atomic mass is 9.91. The number of phenolic OH excluding ortho intramolecular Hbond substituents is 1. The summed E-state index contributed by atoms with van der Waals surface area (Å²) in [7, 11) is 0. The Bertz CT molecular complexity index is 1730. The molecule has 10 nitrogen and oxygen atoms in total. The number of ether oxygens (including phenoxy) is 2. The van der Waals surface area contributed by atoms with Crippen molar-refractivity contribution < 1.29 is 28.2 Å². The van der Waals surface area contributed by atoms with Crippen molar-refractivity contribution in [3.8, 4) is 23.0 Å². The average molecular weight is 655 g/mol. The Kier molecular flexibility index (Phi) is 7.17. The number of fused-ring (bicyclic) bond motifs is 6. The summed E-state index contributed by atoms with van der Waals surface area (Å²) >= 11 is 6.69. The molecule has 1 amide bonds. The molecule has 3 aromatic rings. The molecule has 0 unspecified atom stereocenters. The highest BCUT2D eigenvalue weighted by Crippen LogP contribution is 2.55. The van der Waals surface area contributed by atoms with Crippen molar-refractivity contribution in [3.63, 3.8) is 0 Å². The van der Waals surface area contributed by atoms with E-state index in [1.807, 2.05) is 11.8 Å². The van der Waals surface area contributed by atoms with Crippen molar-refractivity contribution >= 4 is 34.4 Å². The van der Waals surface area contributed by atoms with Gasteiger partial charge in [0.05, 0.1) is 23.1 Å². The highest BCUT2D eigenvalue weighted by molar-refractivity contribution is 6.32. The van der Waals surface area contributed by atoms with Crippen LogP contribution in [0.15, 0.2) is 18.3 Å². The van der Waals surface area contributed by atoms with Crippen molar-refractivity contribution in [3.05, 3.63) is 34.7 Å². The van der Waals surface area contributed by atoms with Gasteiger partial charge in [0.1, 0.15) is 35.6 Å². The maximum atomic E-state index is 16.9. The summed E-state index contributed by atoms with van der Waals surface area (Å²) in [4.78, 5) is 31.1. The SMILES string of the molecule is C[C@@]12CCCN(C1)c1nc(OC[C@@]34CCCN3C[C@H](F)C4)nc3c(F)c(ncc13)-c1cc(O)cc(Cl)c1[C@H]1C[C@H]1CCOC(=O)N2. The molecule has 3 saturated heterocycles. The number of hydrogen-bond acceptors (Lipinski definition) is 9. The minimum Gasteiger partial charge on any atom is -0.508 e. The van der Waals surface area contributed by atoms with E-state index in [0.29, 0.717) is 59.8 Å². The van der Waals surface area contributed by atoms with E-state index in [1.54, 1.807) is 6.20 Å². The molecule has 5 aliphatic heterocycles. The minimum absolute atomic E-state index is 0.00364. The highest BCUT2D eigenvalue weighted by Gasteiger charge is 2.49. The summed E-state index contributed by atoms with van der Waals surface area (Å²) in [5.41, 5.74) is 0.0908. The molecule has 1 saturated carbocycles. The van der Waals surface area contributed by atoms with E-state index in [1.165, 1.54) is 12.1 Å². The number of carbonyl (C=O) groups is 1. The number of alkyl halides is 1. The van der Waals surface area contributed by atoms with Crippen LogP contribution in [0.2, 0.25) is 5.02 Å². The summed E-state index contributed by atoms with van der Waals surface area (Å²) in [6, 6.07) is 2.94. The van der Waals surface area contributed by atoms with Gasteiger partial charge in [0, 0.05) is 42.8 Å². The number of phenols is 1. The molecule has 244 valence electrons. The van der Waals surface area contributed by atoms with Gasteiger partial charge in [-0.25, -0.2) is 13.6 Å². The molecule has 4 fully saturated rings. The van der Waals surface area contributed by atoms with Crippen LogP contribution in [0.1, 0.15) is 63.4 Å². The second-order valence-corrected chi connectivity index (χ2v) is 14.4. The first kappa shape index (κ1) is 29.9. The van der Waals surface area contributed by atoms with Crippen LogP contribution in [0.3, 0.4) is 0 Å². The van der Waals surface area contributed by atoms with Crippen LogP contribution in [-0.2, 0) is 4.74 Å². The van der Waals surface area contributed by atoms with Gasteiger partial charge in [-0.2, -0.15) is 9.97 Å². The number of piperidine rings is 1. The largest absolute Gasteiger partial charge is 0.508 e. The first-order valence-corrected chi connectivity index (χ1v) is 16.6. The number of rotatable bonds is 3. The Hall–Kier alpha value is -3.51. The lowest BCUT2D eigenvalue weighted by Crippen LogP contribution is -2.57. The van der Waals surface area contributed by atoms with Gasteiger partial charge in [-0.3, -0.25) is 9.88 Å². The number of carbonyl (C=O) groups excluding carboxylic acids is 1. The van der Waals surface area contributed by atoms with Gasteiger partial charge in [-0.1, -0.05) is 11.6 Å². The molecular weight excluding hydrogens is 618 g/mol. The zero-order valence-corrected chi connectivity index (χ0v) is 26.5. The molecule has 9 rings (SSSR count). The summed E-state index contributed by atoms with van der Waals surface area (Å²) in [6.07, 6.45) is 5.20. The molecule has 46 heavy (non-hydrogen) atoms. The number of hydrogen-bond donors (Lipinski definition) is 2. The molecule has 1 aromatic carbocycles. The van der Waals surface area contributed by atoms with Crippen LogP contribution < -0.4 is 15.0 Å². The van der Waals surface area contributed by atoms with Gasteiger partial charge in [0.2, 0.25) is 0 Å². The summed E-state index contributed by atoms with van der Waals surface area (Å²) in [6.45, 7) is 4.61. The van der Waals surface area contributed by atoms with Crippen molar-refractivity contribution in [2.24, 2.45) is 5.92 Å². The third-order valence-corrected chi connectivity index (χ3v) is 11.0. The van der Waals surface area contributed by atoms with E-state index >= 15 is 4.39 Å². The lowest BCUT2D eigenvalue weighted by molar-refractivity contribution is 0.107. The summed E-state index contributed by atoms with van der Waals surface area (Å²) < 4.78 is 43.2. The number of benzene rings is 1. The number of nitrogens with zero attached hydrogens (tertiary/aromatic N) is 5. The van der Waals surface area contributed by atoms with Crippen molar-refractivity contribution in [1.82, 2.24) is 25.2 Å². The monoisotopic (exact) mass is 654 g/mol. The number of aromatic nitrogens is 3. The van der Waals surface area contributed by atoms with Gasteiger partial charge < -0.3 is 24.8 Å². The van der Waals surface area contributed by atoms with E-state index in [0.717, 1.165) is 38.6 Å². The smallest absolute Gasteiger partial charge is 0.407 e. The van der Waals surface area contributed by atoms with Gasteiger partial charge in [-0.05, 0) is 81.5 Å². The Morgan fingerprint density at radius 3 is 2.96 bits per heavy atom. The molecular formula is C33H37ClF2N6O4. The fourth-order valence-corrected chi connectivity index (χ4v) is 8.72. The fraction of sp³-hybridized carbons (Fsp3) is 0.576. The van der Waals surface area contributed by atoms with Crippen molar-refractivity contribution in [1.29, 1.82) is 0 Å². The first-order valence-electron chi connectivity index (χ1n) is 16.2. The molecule has 7 heterocycles. The average Bonchev–Trinajstić information content (AvgIpc) is 3.53. The number of alkyl carbamates (subject to hydrolysis) is 1. The molecule has 2 aromatic heterocycles. The van der Waals surface area contributed by atoms with E-state index in [-0.39, 0.29) is 48.0 Å². The van der Waals surface area contributed by atoms with Gasteiger partial charge in [0.25, 0.3) is 0 Å². The zero-order valence-electron chi connectivity index (χ0n) is 25.7. The van der Waals surface area contributed by atoms with Crippen LogP contribution in [0.5, 0.6) is 11.8 Å². The Labute approximate surface area is 270 Å². The van der Waals surface area contributed by atoms with Crippen LogP contribution in [0, 0.1) is 11.7 Å². The zero-order chi connectivity index (χ0) is 31.8. The topological polar surface area (TPSA) is 113 Å². The predicted octanol–water partition coefficient (Wildman–Crippen LogP) is 5.74. The molecule has 6 aliphatic rings. The number of anilines is 1. The number of aromatic hydroxyl groups is 1. The highest BCUT2D eigenvalue weighted by atomic mass is 35.5. The van der Waals surface area contributed by atoms with Crippen LogP contribution in [-0.4, -0.2) is 87.7 Å². The Balaban J connectivity index is 1.27. The maximum absolute atomic E-state index is 16.9. The molecule has 0 spiro atoms. The number of nitrogens with one attached hydrogen (secondary N) is 1. The van der Waals surface area contributed by atoms with Crippen LogP contribution in [0.4, 0.5) is 19.4 Å². The molecule has 5 atom stereocenters. The normalized spacial score (nSPS) is 30.8. The predicted molar refractivity (Wildman–Crippen MR) is 168 cm³/mol. The van der Waals surface area contributed by atoms with E-state index < -0.39 is 29.2 Å². The third kappa shape index (κ3) is 5.17. The maximum Gasteiger partial charge on any atom is 0.407 e. The van der Waals surface area contributed by atoms with Gasteiger partial charge in [-0.15, -0.1) is 0 Å². The van der Waals surface area contributed by atoms with E-state index in [9.17, 15) is 14.3 Å². The van der Waals surface area contributed by atoms with Crippen LogP contribution in [0.25, 0.3) is 22.2 Å². The third-order valence-electron chi connectivity index (χ3n) is 10.7. The molecule has 2 N–H and O–H groups in total. The molecule has 6 bridgehead atoms. The Morgan fingerprint density at radius 1 is 1.24 bits per heavy atom. The summed E-state index contributed by atoms with van der Waals surface area (Å²) in [5, 5.41) is 14.3. The first-order chi connectivity index (χ1) is 22.1.